The molecule has 1 aliphatic rings. The number of hydrogen-bond acceptors (Lipinski definition) is 3. The third-order valence-electron chi connectivity index (χ3n) is 3.36. The zero-order chi connectivity index (χ0) is 13.8. The van der Waals surface area contributed by atoms with Gasteiger partial charge in [0.25, 0.3) is 0 Å². The smallest absolute Gasteiger partial charge is 0.222 e. The number of benzene rings is 1. The number of nitrogens with zero attached hydrogens (tertiary/aromatic N) is 1. The van der Waals surface area contributed by atoms with E-state index in [1.165, 1.54) is 0 Å². The number of aliphatic hydroxyl groups is 1. The minimum absolute atomic E-state index is 0.114. The summed E-state index contributed by atoms with van der Waals surface area (Å²) in [6.45, 7) is 1.15. The molecule has 1 amide bonds. The third kappa shape index (κ3) is 3.70. The average Bonchev–Trinajstić information content (AvgIpc) is 2.83. The van der Waals surface area contributed by atoms with Gasteiger partial charge in [-0.1, -0.05) is 6.07 Å². The Kier molecular flexibility index (Phi) is 4.82. The summed E-state index contributed by atoms with van der Waals surface area (Å²) in [7, 11) is 1.63. The second-order valence-electron chi connectivity index (χ2n) is 4.75. The summed E-state index contributed by atoms with van der Waals surface area (Å²) >= 11 is 3.44. The monoisotopic (exact) mass is 327 g/mol. The van der Waals surface area contributed by atoms with Crippen molar-refractivity contribution in [1.82, 2.24) is 4.90 Å². The van der Waals surface area contributed by atoms with E-state index in [2.05, 4.69) is 15.9 Å². The maximum absolute atomic E-state index is 12.0. The van der Waals surface area contributed by atoms with Crippen LogP contribution in [0.3, 0.4) is 0 Å². The molecule has 2 rings (SSSR count). The summed E-state index contributed by atoms with van der Waals surface area (Å²) in [6.07, 6.45) is 1.53. The number of carbonyl (C=O) groups is 1. The standard InChI is InChI=1S/C14H18BrNO3/c1-19-13-4-2-10(8-12(13)15)3-5-14(18)16-7-6-11(17)9-16/h2,4,8,11,17H,3,5-7,9H2,1H3/t11-/m1/s1. The lowest BCUT2D eigenvalue weighted by Gasteiger charge is -2.15. The van der Waals surface area contributed by atoms with Crippen LogP contribution in [0.2, 0.25) is 0 Å². The van der Waals surface area contributed by atoms with Crippen LogP contribution < -0.4 is 4.74 Å². The topological polar surface area (TPSA) is 49.8 Å². The highest BCUT2D eigenvalue weighted by Crippen LogP contribution is 2.26. The van der Waals surface area contributed by atoms with Gasteiger partial charge in [0.05, 0.1) is 17.7 Å². The quantitative estimate of drug-likeness (QED) is 0.920. The first kappa shape index (κ1) is 14.3. The fraction of sp³-hybridized carbons (Fsp3) is 0.500. The molecule has 0 aromatic heterocycles. The van der Waals surface area contributed by atoms with Crippen LogP contribution in [0.5, 0.6) is 5.75 Å². The van der Waals surface area contributed by atoms with E-state index in [4.69, 9.17) is 4.74 Å². The molecule has 1 aromatic carbocycles. The summed E-state index contributed by atoms with van der Waals surface area (Å²) in [6, 6.07) is 5.84. The normalized spacial score (nSPS) is 18.7. The molecule has 0 spiro atoms. The molecule has 19 heavy (non-hydrogen) atoms. The van der Waals surface area contributed by atoms with Crippen molar-refractivity contribution in [1.29, 1.82) is 0 Å². The average molecular weight is 328 g/mol. The molecular weight excluding hydrogens is 310 g/mol. The van der Waals surface area contributed by atoms with Gasteiger partial charge >= 0.3 is 0 Å². The summed E-state index contributed by atoms with van der Waals surface area (Å²) in [5, 5.41) is 9.41. The number of likely N-dealkylation sites (tertiary alicyclic amines) is 1. The maximum atomic E-state index is 12.0. The highest BCUT2D eigenvalue weighted by atomic mass is 79.9. The van der Waals surface area contributed by atoms with Crippen LogP contribution in [-0.4, -0.2) is 42.2 Å². The summed E-state index contributed by atoms with van der Waals surface area (Å²) in [5.74, 6) is 0.904. The van der Waals surface area contributed by atoms with Gasteiger partial charge in [-0.3, -0.25) is 4.79 Å². The molecule has 1 aliphatic heterocycles. The molecule has 1 saturated heterocycles. The van der Waals surface area contributed by atoms with Gasteiger partial charge in [-0.05, 0) is 46.5 Å². The van der Waals surface area contributed by atoms with E-state index >= 15 is 0 Å². The van der Waals surface area contributed by atoms with Crippen LogP contribution in [0, 0.1) is 0 Å². The number of halogens is 1. The fourth-order valence-corrected chi connectivity index (χ4v) is 2.83. The Hall–Kier alpha value is -1.07. The Morgan fingerprint density at radius 3 is 2.95 bits per heavy atom. The van der Waals surface area contributed by atoms with Crippen molar-refractivity contribution in [3.63, 3.8) is 0 Å². The first-order chi connectivity index (χ1) is 9.10. The van der Waals surface area contributed by atoms with E-state index in [9.17, 15) is 9.90 Å². The van der Waals surface area contributed by atoms with Crippen molar-refractivity contribution in [3.8, 4) is 5.75 Å². The number of amides is 1. The molecule has 0 radical (unpaired) electrons. The summed E-state index contributed by atoms with van der Waals surface area (Å²) in [5.41, 5.74) is 1.10. The Labute approximate surface area is 121 Å². The van der Waals surface area contributed by atoms with Gasteiger partial charge in [-0.2, -0.15) is 0 Å². The first-order valence-corrected chi connectivity index (χ1v) is 7.17. The molecule has 1 heterocycles. The Morgan fingerprint density at radius 1 is 1.58 bits per heavy atom. The van der Waals surface area contributed by atoms with Gasteiger partial charge < -0.3 is 14.7 Å². The predicted octanol–water partition coefficient (Wildman–Crippen LogP) is 1.98. The molecule has 1 aromatic rings. The number of aryl methyl sites for hydroxylation is 1. The van der Waals surface area contributed by atoms with Crippen molar-refractivity contribution in [2.24, 2.45) is 0 Å². The lowest BCUT2D eigenvalue weighted by molar-refractivity contribution is -0.130. The lowest BCUT2D eigenvalue weighted by Crippen LogP contribution is -2.29. The van der Waals surface area contributed by atoms with Crippen molar-refractivity contribution >= 4 is 21.8 Å². The molecule has 5 heteroatoms. The second-order valence-corrected chi connectivity index (χ2v) is 5.61. The Bertz CT molecular complexity index is 464. The van der Waals surface area contributed by atoms with Crippen LogP contribution in [0.15, 0.2) is 22.7 Å². The van der Waals surface area contributed by atoms with Gasteiger partial charge in [0.1, 0.15) is 5.75 Å². The first-order valence-electron chi connectivity index (χ1n) is 6.38. The Balaban J connectivity index is 1.88. The summed E-state index contributed by atoms with van der Waals surface area (Å²) < 4.78 is 6.07. The van der Waals surface area contributed by atoms with Crippen LogP contribution in [-0.2, 0) is 11.2 Å². The molecule has 0 aliphatic carbocycles. The highest BCUT2D eigenvalue weighted by molar-refractivity contribution is 9.10. The SMILES string of the molecule is COc1ccc(CCC(=O)N2CC[C@@H](O)C2)cc1Br. The van der Waals surface area contributed by atoms with E-state index in [0.29, 0.717) is 32.4 Å². The van der Waals surface area contributed by atoms with E-state index in [-0.39, 0.29) is 12.0 Å². The van der Waals surface area contributed by atoms with Crippen LogP contribution in [0.25, 0.3) is 0 Å². The highest BCUT2D eigenvalue weighted by Gasteiger charge is 2.23. The van der Waals surface area contributed by atoms with Crippen molar-refractivity contribution < 1.29 is 14.6 Å². The number of hydrogen-bond donors (Lipinski definition) is 1. The molecule has 1 fully saturated rings. The zero-order valence-corrected chi connectivity index (χ0v) is 12.5. The Morgan fingerprint density at radius 2 is 2.37 bits per heavy atom. The number of ether oxygens (including phenoxy) is 1. The number of aliphatic hydroxyl groups excluding tert-OH is 1. The minimum atomic E-state index is -0.348. The van der Waals surface area contributed by atoms with Crippen LogP contribution >= 0.6 is 15.9 Å². The lowest BCUT2D eigenvalue weighted by atomic mass is 10.1. The molecule has 1 atom stereocenters. The molecule has 0 saturated carbocycles. The van der Waals surface area contributed by atoms with Gasteiger partial charge in [-0.15, -0.1) is 0 Å². The van der Waals surface area contributed by atoms with E-state index in [1.54, 1.807) is 12.0 Å². The van der Waals surface area contributed by atoms with E-state index < -0.39 is 0 Å². The van der Waals surface area contributed by atoms with Gasteiger partial charge in [0, 0.05) is 19.5 Å². The minimum Gasteiger partial charge on any atom is -0.496 e. The van der Waals surface area contributed by atoms with Crippen molar-refractivity contribution in [2.75, 3.05) is 20.2 Å². The van der Waals surface area contributed by atoms with Crippen molar-refractivity contribution in [3.05, 3.63) is 28.2 Å². The molecule has 1 N–H and O–H groups in total. The molecular formula is C14H18BrNO3. The number of β-amino-alcohol motifs (C(OH)–C–C–N with tert-alkyl or cyclic N) is 1. The van der Waals surface area contributed by atoms with Crippen LogP contribution in [0.4, 0.5) is 0 Å². The largest absolute Gasteiger partial charge is 0.496 e. The van der Waals surface area contributed by atoms with E-state index in [1.807, 2.05) is 18.2 Å². The maximum Gasteiger partial charge on any atom is 0.222 e. The van der Waals surface area contributed by atoms with Gasteiger partial charge in [0.15, 0.2) is 0 Å². The van der Waals surface area contributed by atoms with Gasteiger partial charge in [-0.25, -0.2) is 0 Å². The van der Waals surface area contributed by atoms with Crippen LogP contribution in [0.1, 0.15) is 18.4 Å². The number of carbonyl (C=O) groups excluding carboxylic acids is 1. The summed E-state index contributed by atoms with van der Waals surface area (Å²) in [4.78, 5) is 13.7. The zero-order valence-electron chi connectivity index (χ0n) is 10.9. The number of rotatable bonds is 4. The predicted molar refractivity (Wildman–Crippen MR) is 76.2 cm³/mol. The molecule has 4 nitrogen and oxygen atoms in total. The fourth-order valence-electron chi connectivity index (χ4n) is 2.24. The molecule has 0 unspecified atom stereocenters. The molecule has 0 bridgehead atoms. The second kappa shape index (κ2) is 6.39. The van der Waals surface area contributed by atoms with Crippen molar-refractivity contribution in [2.45, 2.75) is 25.4 Å². The third-order valence-corrected chi connectivity index (χ3v) is 3.98. The molecule has 104 valence electrons. The number of methoxy groups -OCH3 is 1. The van der Waals surface area contributed by atoms with E-state index in [0.717, 1.165) is 15.8 Å². The van der Waals surface area contributed by atoms with Gasteiger partial charge in [0.2, 0.25) is 5.91 Å².